The zero-order valence-electron chi connectivity index (χ0n) is 18.6. The fourth-order valence-corrected chi connectivity index (χ4v) is 4.37. The molecule has 0 saturated carbocycles. The number of pyridine rings is 1. The van der Waals surface area contributed by atoms with Gasteiger partial charge in [0, 0.05) is 30.5 Å². The van der Waals surface area contributed by atoms with Gasteiger partial charge in [-0.1, -0.05) is 42.8 Å². The third-order valence-corrected chi connectivity index (χ3v) is 6.13. The monoisotopic (exact) mass is 440 g/mol. The molecule has 1 fully saturated rings. The molecule has 0 aliphatic carbocycles. The molecule has 0 bridgehead atoms. The summed E-state index contributed by atoms with van der Waals surface area (Å²) in [6.45, 7) is 2.99. The number of nitrogen functional groups attached to an aromatic ring is 1. The topological polar surface area (TPSA) is 103 Å². The first-order chi connectivity index (χ1) is 16.0. The van der Waals surface area contributed by atoms with E-state index in [9.17, 15) is 15.2 Å². The standard InChI is InChI=1S/C27H28N4O2/c28-18-24-23(17-25(30-27(24)29)22-9-2-3-10-26(22)33)20-8-6-7-19(15-20)16-21(32)11-14-31-12-4-1-5-13-31/h2-3,6-10,15,17,33H,1,4-5,11-14,16H2,(H2,29,30). The van der Waals surface area contributed by atoms with Crippen LogP contribution >= 0.6 is 0 Å². The molecule has 0 spiro atoms. The van der Waals surface area contributed by atoms with Crippen LogP contribution < -0.4 is 5.73 Å². The Hall–Kier alpha value is -3.69. The number of para-hydroxylation sites is 1. The highest BCUT2D eigenvalue weighted by atomic mass is 16.3. The molecule has 1 aliphatic rings. The van der Waals surface area contributed by atoms with E-state index in [-0.39, 0.29) is 22.9 Å². The molecule has 1 saturated heterocycles. The van der Waals surface area contributed by atoms with Gasteiger partial charge in [0.2, 0.25) is 0 Å². The van der Waals surface area contributed by atoms with E-state index in [1.165, 1.54) is 19.3 Å². The minimum atomic E-state index is 0.0908. The molecule has 2 heterocycles. The summed E-state index contributed by atoms with van der Waals surface area (Å²) in [5, 5.41) is 20.0. The Bertz CT molecular complexity index is 1190. The SMILES string of the molecule is N#Cc1c(-c2cccc(CC(=O)CCN3CCCCC3)c2)cc(-c2ccccc2O)nc1N. The Labute approximate surface area is 194 Å². The predicted molar refractivity (Wildman–Crippen MR) is 130 cm³/mol. The highest BCUT2D eigenvalue weighted by Crippen LogP contribution is 2.34. The largest absolute Gasteiger partial charge is 0.507 e. The third kappa shape index (κ3) is 5.39. The van der Waals surface area contributed by atoms with Gasteiger partial charge in [-0.05, 0) is 55.3 Å². The number of hydrogen-bond acceptors (Lipinski definition) is 6. The van der Waals surface area contributed by atoms with Gasteiger partial charge in [-0.2, -0.15) is 5.26 Å². The van der Waals surface area contributed by atoms with E-state index in [1.807, 2.05) is 24.3 Å². The number of carbonyl (C=O) groups excluding carboxylic acids is 1. The van der Waals surface area contributed by atoms with Crippen molar-refractivity contribution in [2.45, 2.75) is 32.1 Å². The van der Waals surface area contributed by atoms with Crippen LogP contribution in [0.15, 0.2) is 54.6 Å². The van der Waals surface area contributed by atoms with Crippen molar-refractivity contribution in [3.05, 3.63) is 65.7 Å². The van der Waals surface area contributed by atoms with Crippen LogP contribution in [-0.2, 0) is 11.2 Å². The maximum atomic E-state index is 12.6. The van der Waals surface area contributed by atoms with Crippen LogP contribution in [0.4, 0.5) is 5.82 Å². The van der Waals surface area contributed by atoms with E-state index >= 15 is 0 Å². The number of ketones is 1. The molecule has 2 aromatic carbocycles. The number of phenols is 1. The number of piperidine rings is 1. The molecular weight excluding hydrogens is 412 g/mol. The van der Waals surface area contributed by atoms with Crippen molar-refractivity contribution in [3.8, 4) is 34.2 Å². The second kappa shape index (κ2) is 10.3. The predicted octanol–water partition coefficient (Wildman–Crippen LogP) is 4.56. The van der Waals surface area contributed by atoms with E-state index in [0.29, 0.717) is 29.7 Å². The molecule has 168 valence electrons. The van der Waals surface area contributed by atoms with Crippen molar-refractivity contribution in [2.75, 3.05) is 25.4 Å². The molecule has 1 aromatic heterocycles. The van der Waals surface area contributed by atoms with E-state index in [2.05, 4.69) is 16.0 Å². The van der Waals surface area contributed by atoms with Crippen LogP contribution in [0.1, 0.15) is 36.8 Å². The van der Waals surface area contributed by atoms with E-state index in [4.69, 9.17) is 5.73 Å². The Kier molecular flexibility index (Phi) is 7.01. The summed E-state index contributed by atoms with van der Waals surface area (Å²) in [5.41, 5.74) is 9.75. The number of nitriles is 1. The number of nitrogens with zero attached hydrogens (tertiary/aromatic N) is 3. The van der Waals surface area contributed by atoms with Gasteiger partial charge in [0.1, 0.15) is 29.0 Å². The van der Waals surface area contributed by atoms with E-state index in [0.717, 1.165) is 30.8 Å². The summed E-state index contributed by atoms with van der Waals surface area (Å²) in [6.07, 6.45) is 4.63. The zero-order valence-corrected chi connectivity index (χ0v) is 18.6. The van der Waals surface area contributed by atoms with Crippen LogP contribution in [0, 0.1) is 11.3 Å². The van der Waals surface area contributed by atoms with E-state index in [1.54, 1.807) is 30.3 Å². The molecule has 3 aromatic rings. The number of rotatable bonds is 7. The van der Waals surface area contributed by atoms with Gasteiger partial charge >= 0.3 is 0 Å². The van der Waals surface area contributed by atoms with Crippen molar-refractivity contribution in [1.29, 1.82) is 5.26 Å². The second-order valence-electron chi connectivity index (χ2n) is 8.51. The minimum Gasteiger partial charge on any atom is -0.507 e. The lowest BCUT2D eigenvalue weighted by Crippen LogP contribution is -2.31. The Balaban J connectivity index is 1.58. The number of benzene rings is 2. The number of aromatic hydroxyl groups is 1. The maximum absolute atomic E-state index is 12.6. The second-order valence-corrected chi connectivity index (χ2v) is 8.51. The molecule has 0 atom stereocenters. The quantitative estimate of drug-likeness (QED) is 0.558. The number of Topliss-reactive ketones (excluding diaryl/α,β-unsaturated/α-hetero) is 1. The zero-order chi connectivity index (χ0) is 23.2. The van der Waals surface area contributed by atoms with Crippen molar-refractivity contribution >= 4 is 11.6 Å². The molecule has 0 amide bonds. The highest BCUT2D eigenvalue weighted by molar-refractivity contribution is 5.84. The summed E-state index contributed by atoms with van der Waals surface area (Å²) >= 11 is 0. The van der Waals surface area contributed by atoms with Gasteiger partial charge in [0.15, 0.2) is 0 Å². The fourth-order valence-electron chi connectivity index (χ4n) is 4.37. The molecule has 6 nitrogen and oxygen atoms in total. The summed E-state index contributed by atoms with van der Waals surface area (Å²) in [6, 6.07) is 18.4. The molecule has 3 N–H and O–H groups in total. The van der Waals surface area contributed by atoms with Crippen LogP contribution in [0.5, 0.6) is 5.75 Å². The van der Waals surface area contributed by atoms with Crippen LogP contribution in [0.3, 0.4) is 0 Å². The summed E-state index contributed by atoms with van der Waals surface area (Å²) in [4.78, 5) is 19.3. The van der Waals surface area contributed by atoms with Gasteiger partial charge in [0.05, 0.1) is 5.69 Å². The number of carbonyl (C=O) groups is 1. The summed E-state index contributed by atoms with van der Waals surface area (Å²) in [7, 11) is 0. The first-order valence-corrected chi connectivity index (χ1v) is 11.4. The minimum absolute atomic E-state index is 0.0908. The Morgan fingerprint density at radius 3 is 2.61 bits per heavy atom. The number of aromatic nitrogens is 1. The first kappa shape index (κ1) is 22.5. The van der Waals surface area contributed by atoms with Crippen molar-refractivity contribution in [1.82, 2.24) is 9.88 Å². The molecule has 6 heteroatoms. The van der Waals surface area contributed by atoms with Crippen molar-refractivity contribution in [2.24, 2.45) is 0 Å². The number of likely N-dealkylation sites (tertiary alicyclic amines) is 1. The summed E-state index contributed by atoms with van der Waals surface area (Å²) in [5.74, 6) is 0.409. The maximum Gasteiger partial charge on any atom is 0.142 e. The smallest absolute Gasteiger partial charge is 0.142 e. The molecular formula is C27H28N4O2. The van der Waals surface area contributed by atoms with Crippen molar-refractivity contribution in [3.63, 3.8) is 0 Å². The van der Waals surface area contributed by atoms with E-state index < -0.39 is 0 Å². The third-order valence-electron chi connectivity index (χ3n) is 6.13. The number of hydrogen-bond donors (Lipinski definition) is 2. The number of phenolic OH excluding ortho intramolecular Hbond substituents is 1. The van der Waals surface area contributed by atoms with Gasteiger partial charge < -0.3 is 15.7 Å². The van der Waals surface area contributed by atoms with Crippen molar-refractivity contribution < 1.29 is 9.90 Å². The van der Waals surface area contributed by atoms with Gasteiger partial charge in [-0.25, -0.2) is 4.98 Å². The number of nitrogens with two attached hydrogens (primary N) is 1. The lowest BCUT2D eigenvalue weighted by molar-refractivity contribution is -0.118. The normalized spacial score (nSPS) is 14.0. The lowest BCUT2D eigenvalue weighted by atomic mass is 9.95. The summed E-state index contributed by atoms with van der Waals surface area (Å²) < 4.78 is 0. The fraction of sp³-hybridized carbons (Fsp3) is 0.296. The average Bonchev–Trinajstić information content (AvgIpc) is 2.83. The Morgan fingerprint density at radius 1 is 1.06 bits per heavy atom. The molecule has 1 aliphatic heterocycles. The van der Waals surface area contributed by atoms with Crippen LogP contribution in [0.2, 0.25) is 0 Å². The lowest BCUT2D eigenvalue weighted by Gasteiger charge is -2.25. The van der Waals surface area contributed by atoms with Gasteiger partial charge in [0.25, 0.3) is 0 Å². The molecule has 0 radical (unpaired) electrons. The molecule has 4 rings (SSSR count). The van der Waals surface area contributed by atoms with Crippen LogP contribution in [0.25, 0.3) is 22.4 Å². The highest BCUT2D eigenvalue weighted by Gasteiger charge is 2.16. The van der Waals surface area contributed by atoms with Gasteiger partial charge in [-0.3, -0.25) is 4.79 Å². The molecule has 33 heavy (non-hydrogen) atoms. The molecule has 0 unspecified atom stereocenters. The van der Waals surface area contributed by atoms with Crippen LogP contribution in [-0.4, -0.2) is 40.4 Å². The number of anilines is 1. The Morgan fingerprint density at radius 2 is 1.85 bits per heavy atom. The van der Waals surface area contributed by atoms with Gasteiger partial charge in [-0.15, -0.1) is 0 Å². The average molecular weight is 441 g/mol. The first-order valence-electron chi connectivity index (χ1n) is 11.4.